The summed E-state index contributed by atoms with van der Waals surface area (Å²) in [5.74, 6) is 0. The average Bonchev–Trinajstić information content (AvgIpc) is 2.37. The van der Waals surface area contributed by atoms with E-state index in [1.807, 2.05) is 0 Å². The van der Waals surface area contributed by atoms with Crippen molar-refractivity contribution in [1.82, 2.24) is 0 Å². The second kappa shape index (κ2) is 9.24. The second-order valence-electron chi connectivity index (χ2n) is 5.23. The Balaban J connectivity index is 5.20. The van der Waals surface area contributed by atoms with Gasteiger partial charge in [0.05, 0.1) is 0 Å². The minimum atomic E-state index is -2.17. The number of unbranched alkanes of at least 4 members (excludes halogenated alkanes) is 2. The van der Waals surface area contributed by atoms with Crippen LogP contribution in [0.25, 0.3) is 0 Å². The molecule has 0 amide bonds. The molecule has 0 spiro atoms. The van der Waals surface area contributed by atoms with E-state index < -0.39 is 18.4 Å². The van der Waals surface area contributed by atoms with E-state index in [4.69, 9.17) is 0 Å². The third-order valence-electron chi connectivity index (χ3n) is 4.29. The van der Waals surface area contributed by atoms with Crippen LogP contribution in [0.15, 0.2) is 19.3 Å². The fourth-order valence-electron chi connectivity index (χ4n) is 2.73. The van der Waals surface area contributed by atoms with Crippen molar-refractivity contribution in [1.29, 1.82) is 0 Å². The van der Waals surface area contributed by atoms with Gasteiger partial charge < -0.3 is 0 Å². The van der Waals surface area contributed by atoms with Crippen molar-refractivity contribution >= 4 is 18.4 Å². The molecule has 0 aromatic rings. The molecular weight excluding hydrogens is 311 g/mol. The van der Waals surface area contributed by atoms with Crippen LogP contribution in [0.1, 0.15) is 67.2 Å². The van der Waals surface area contributed by atoms with Crippen LogP contribution in [-0.2, 0) is 0 Å². The third kappa shape index (κ3) is 4.81. The van der Waals surface area contributed by atoms with E-state index in [1.54, 1.807) is 7.18 Å². The summed E-state index contributed by atoms with van der Waals surface area (Å²) in [7, 11) is 0. The van der Waals surface area contributed by atoms with Crippen LogP contribution in [0.4, 0.5) is 0 Å². The van der Waals surface area contributed by atoms with Gasteiger partial charge in [0.25, 0.3) is 0 Å². The van der Waals surface area contributed by atoms with Gasteiger partial charge in [0.1, 0.15) is 0 Å². The van der Waals surface area contributed by atoms with E-state index in [0.717, 1.165) is 0 Å². The molecule has 0 fully saturated rings. The monoisotopic (exact) mass is 344 g/mol. The standard InChI is InChI=1S/2C4H9.2C4H7.Sn/c4*1-3-4-2;/h2*1,3-4H2,2H3;2*3H,1-2H3;. The molecule has 0 atom stereocenters. The molecule has 0 bridgehead atoms. The summed E-state index contributed by atoms with van der Waals surface area (Å²) in [5.41, 5.74) is 0. The van der Waals surface area contributed by atoms with Gasteiger partial charge >= 0.3 is 114 Å². The van der Waals surface area contributed by atoms with Crippen molar-refractivity contribution in [3.8, 4) is 0 Å². The molecule has 0 aliphatic carbocycles. The average molecular weight is 343 g/mol. The van der Waals surface area contributed by atoms with Gasteiger partial charge in [0.2, 0.25) is 0 Å². The SMILES string of the molecule is CC=[C](C)[Sn]([CH2]CCC)([CH2]CCC)[C](C)=CC. The van der Waals surface area contributed by atoms with Crippen LogP contribution in [0.5, 0.6) is 0 Å². The predicted molar refractivity (Wildman–Crippen MR) is 84.0 cm³/mol. The van der Waals surface area contributed by atoms with Gasteiger partial charge in [0.15, 0.2) is 0 Å². The number of hydrogen-bond acceptors (Lipinski definition) is 0. The molecule has 0 heterocycles. The maximum absolute atomic E-state index is 2.41. The van der Waals surface area contributed by atoms with Gasteiger partial charge in [-0.15, -0.1) is 0 Å². The fourth-order valence-corrected chi connectivity index (χ4v) is 18.3. The molecule has 0 rings (SSSR count). The summed E-state index contributed by atoms with van der Waals surface area (Å²) in [6, 6.07) is 0. The molecule has 100 valence electrons. The molecule has 0 unspecified atom stereocenters. The van der Waals surface area contributed by atoms with Crippen LogP contribution < -0.4 is 0 Å². The van der Waals surface area contributed by atoms with Crippen LogP contribution in [0.2, 0.25) is 8.87 Å². The van der Waals surface area contributed by atoms with Crippen molar-refractivity contribution in [2.45, 2.75) is 76.1 Å². The summed E-state index contributed by atoms with van der Waals surface area (Å²) >= 11 is -2.17. The Bertz CT molecular complexity index is 233. The Morgan fingerprint density at radius 2 is 1.18 bits per heavy atom. The molecule has 0 saturated carbocycles. The molecule has 1 heteroatoms. The minimum absolute atomic E-state index is 1.35. The van der Waals surface area contributed by atoms with Crippen LogP contribution in [-0.4, -0.2) is 18.4 Å². The molecule has 0 radical (unpaired) electrons. The van der Waals surface area contributed by atoms with Crippen molar-refractivity contribution in [3.63, 3.8) is 0 Å². The summed E-state index contributed by atoms with van der Waals surface area (Å²) < 4.78 is 6.60. The second-order valence-corrected chi connectivity index (χ2v) is 18.8. The van der Waals surface area contributed by atoms with E-state index in [-0.39, 0.29) is 0 Å². The Labute approximate surface area is 113 Å². The fraction of sp³-hybridized carbons (Fsp3) is 0.750. The normalized spacial score (nSPS) is 14.2. The van der Waals surface area contributed by atoms with Gasteiger partial charge in [-0.3, -0.25) is 0 Å². The van der Waals surface area contributed by atoms with Crippen LogP contribution in [0, 0.1) is 0 Å². The van der Waals surface area contributed by atoms with Crippen LogP contribution in [0.3, 0.4) is 0 Å². The molecule has 0 N–H and O–H groups in total. The zero-order chi connectivity index (χ0) is 13.3. The third-order valence-corrected chi connectivity index (χ3v) is 21.4. The number of rotatable bonds is 8. The molecule has 0 aliphatic heterocycles. The van der Waals surface area contributed by atoms with Gasteiger partial charge in [-0.2, -0.15) is 0 Å². The van der Waals surface area contributed by atoms with Crippen molar-refractivity contribution in [3.05, 3.63) is 19.3 Å². The van der Waals surface area contributed by atoms with E-state index in [9.17, 15) is 0 Å². The van der Waals surface area contributed by atoms with Gasteiger partial charge in [0, 0.05) is 0 Å². The Morgan fingerprint density at radius 3 is 1.41 bits per heavy atom. The van der Waals surface area contributed by atoms with E-state index >= 15 is 0 Å². The number of hydrogen-bond donors (Lipinski definition) is 0. The molecule has 0 aromatic heterocycles. The van der Waals surface area contributed by atoms with Crippen molar-refractivity contribution in [2.24, 2.45) is 0 Å². The van der Waals surface area contributed by atoms with Crippen molar-refractivity contribution in [2.75, 3.05) is 0 Å². The Kier molecular flexibility index (Phi) is 9.39. The first kappa shape index (κ1) is 17.3. The molecule has 0 aliphatic rings. The van der Waals surface area contributed by atoms with E-state index in [0.29, 0.717) is 0 Å². The van der Waals surface area contributed by atoms with Gasteiger partial charge in [-0.25, -0.2) is 0 Å². The maximum atomic E-state index is 2.41. The quantitative estimate of drug-likeness (QED) is 0.471. The summed E-state index contributed by atoms with van der Waals surface area (Å²) in [6.45, 7) is 13.9. The molecular formula is C16H32Sn. The molecule has 17 heavy (non-hydrogen) atoms. The van der Waals surface area contributed by atoms with E-state index in [1.165, 1.54) is 34.6 Å². The summed E-state index contributed by atoms with van der Waals surface area (Å²) in [6.07, 6.45) is 10.4. The first-order valence-corrected chi connectivity index (χ1v) is 14.2. The first-order chi connectivity index (χ1) is 8.08. The summed E-state index contributed by atoms with van der Waals surface area (Å²) in [4.78, 5) is 0. The van der Waals surface area contributed by atoms with E-state index in [2.05, 4.69) is 53.7 Å². The Morgan fingerprint density at radius 1 is 0.824 bits per heavy atom. The molecule has 0 nitrogen and oxygen atoms in total. The van der Waals surface area contributed by atoms with Gasteiger partial charge in [-0.05, 0) is 0 Å². The summed E-state index contributed by atoms with van der Waals surface area (Å²) in [5, 5.41) is 0. The zero-order valence-electron chi connectivity index (χ0n) is 12.9. The van der Waals surface area contributed by atoms with Crippen molar-refractivity contribution < 1.29 is 0 Å². The first-order valence-electron chi connectivity index (χ1n) is 7.35. The molecule has 0 saturated heterocycles. The Hall–Kier alpha value is 0.279. The predicted octanol–water partition coefficient (Wildman–Crippen LogP) is 6.05. The van der Waals surface area contributed by atoms with Crippen LogP contribution >= 0.6 is 0 Å². The topological polar surface area (TPSA) is 0 Å². The number of allylic oxidation sites excluding steroid dienone is 4. The zero-order valence-corrected chi connectivity index (χ0v) is 15.8. The van der Waals surface area contributed by atoms with Gasteiger partial charge in [-0.1, -0.05) is 0 Å². The molecule has 0 aromatic carbocycles.